The zero-order chi connectivity index (χ0) is 18.7. The van der Waals surface area contributed by atoms with Gasteiger partial charge in [0.1, 0.15) is 11.4 Å². The van der Waals surface area contributed by atoms with Crippen LogP contribution in [0.4, 0.5) is 5.69 Å². The van der Waals surface area contributed by atoms with Crippen LogP contribution in [0.3, 0.4) is 0 Å². The van der Waals surface area contributed by atoms with E-state index in [1.807, 2.05) is 30.3 Å². The molecule has 0 bridgehead atoms. The number of nitrogens with zero attached hydrogens (tertiary/aromatic N) is 1. The van der Waals surface area contributed by atoms with E-state index in [4.69, 9.17) is 22.2 Å². The van der Waals surface area contributed by atoms with Gasteiger partial charge in [0, 0.05) is 17.7 Å². The Balaban J connectivity index is 1.72. The van der Waals surface area contributed by atoms with Gasteiger partial charge in [-0.25, -0.2) is 0 Å². The summed E-state index contributed by atoms with van der Waals surface area (Å²) in [5.74, 6) is 0.910. The maximum atomic E-state index is 8.75. The predicted molar refractivity (Wildman–Crippen MR) is 108 cm³/mol. The summed E-state index contributed by atoms with van der Waals surface area (Å²) in [6, 6.07) is 16.2. The quantitative estimate of drug-likeness (QED) is 0.776. The molecular weight excluding hydrogens is 342 g/mol. The smallest absolute Gasteiger partial charge is 0.171 e. The lowest BCUT2D eigenvalue weighted by atomic mass is 9.89. The minimum atomic E-state index is -0.255. The van der Waals surface area contributed by atoms with E-state index in [0.717, 1.165) is 29.0 Å². The number of aryl methyl sites for hydroxylation is 1. The molecule has 0 saturated heterocycles. The Morgan fingerprint density at radius 1 is 1.27 bits per heavy atom. The Morgan fingerprint density at radius 3 is 2.69 bits per heavy atom. The summed E-state index contributed by atoms with van der Waals surface area (Å²) < 4.78 is 6.11. The maximum Gasteiger partial charge on any atom is 0.171 e. The topological polar surface area (TPSA) is 57.1 Å². The Hall–Kier alpha value is -2.58. The van der Waals surface area contributed by atoms with Crippen molar-refractivity contribution in [2.75, 3.05) is 5.32 Å². The molecule has 0 amide bonds. The number of anilines is 1. The summed E-state index contributed by atoms with van der Waals surface area (Å²) in [4.78, 5) is 0. The van der Waals surface area contributed by atoms with Crippen molar-refractivity contribution in [1.29, 1.82) is 5.26 Å². The van der Waals surface area contributed by atoms with Gasteiger partial charge in [-0.1, -0.05) is 29.8 Å². The second-order valence-electron chi connectivity index (χ2n) is 7.29. The molecule has 1 atom stereocenters. The molecule has 0 saturated carbocycles. The SMILES string of the molecule is Cc1ccc2c(c1)[C@@H](NC(=S)Nc1ccc(CC#N)cc1)CC(C)(C)O2. The van der Waals surface area contributed by atoms with E-state index in [1.54, 1.807) is 0 Å². The van der Waals surface area contributed by atoms with Crippen LogP contribution in [0.15, 0.2) is 42.5 Å². The highest BCUT2D eigenvalue weighted by atomic mass is 32.1. The van der Waals surface area contributed by atoms with Gasteiger partial charge in [0.25, 0.3) is 0 Å². The van der Waals surface area contributed by atoms with Crippen molar-refractivity contribution in [3.05, 3.63) is 59.2 Å². The number of thiocarbonyl (C=S) groups is 1. The van der Waals surface area contributed by atoms with Crippen LogP contribution < -0.4 is 15.4 Å². The van der Waals surface area contributed by atoms with E-state index in [2.05, 4.69) is 49.6 Å². The molecule has 0 radical (unpaired) electrons. The lowest BCUT2D eigenvalue weighted by molar-refractivity contribution is 0.0696. The molecule has 2 aromatic rings. The van der Waals surface area contributed by atoms with Crippen LogP contribution in [0.1, 0.15) is 43.0 Å². The van der Waals surface area contributed by atoms with Crippen LogP contribution >= 0.6 is 12.2 Å². The second kappa shape index (κ2) is 7.35. The average Bonchev–Trinajstić information content (AvgIpc) is 2.57. The van der Waals surface area contributed by atoms with Crippen molar-refractivity contribution in [3.8, 4) is 11.8 Å². The molecule has 134 valence electrons. The van der Waals surface area contributed by atoms with Crippen molar-refractivity contribution < 1.29 is 4.74 Å². The lowest BCUT2D eigenvalue weighted by Gasteiger charge is -2.38. The molecule has 0 aliphatic carbocycles. The molecule has 0 spiro atoms. The molecule has 1 aliphatic rings. The zero-order valence-electron chi connectivity index (χ0n) is 15.3. The first-order valence-corrected chi connectivity index (χ1v) is 9.10. The van der Waals surface area contributed by atoms with E-state index in [-0.39, 0.29) is 11.6 Å². The largest absolute Gasteiger partial charge is 0.487 e. The molecule has 4 nitrogen and oxygen atoms in total. The number of hydrogen-bond acceptors (Lipinski definition) is 3. The van der Waals surface area contributed by atoms with Gasteiger partial charge in [-0.3, -0.25) is 0 Å². The predicted octanol–water partition coefficient (Wildman–Crippen LogP) is 4.65. The van der Waals surface area contributed by atoms with E-state index < -0.39 is 0 Å². The van der Waals surface area contributed by atoms with E-state index in [0.29, 0.717) is 11.5 Å². The van der Waals surface area contributed by atoms with E-state index in [1.165, 1.54) is 5.56 Å². The number of nitrogens with one attached hydrogen (secondary N) is 2. The van der Waals surface area contributed by atoms with Gasteiger partial charge in [-0.15, -0.1) is 0 Å². The molecular formula is C21H23N3OS. The summed E-state index contributed by atoms with van der Waals surface area (Å²) in [7, 11) is 0. The third kappa shape index (κ3) is 4.33. The number of nitriles is 1. The third-order valence-electron chi connectivity index (χ3n) is 4.42. The van der Waals surface area contributed by atoms with Crippen LogP contribution in [-0.2, 0) is 6.42 Å². The van der Waals surface area contributed by atoms with Crippen LogP contribution in [0.2, 0.25) is 0 Å². The van der Waals surface area contributed by atoms with Gasteiger partial charge in [0.15, 0.2) is 5.11 Å². The fraction of sp³-hybridized carbons (Fsp3) is 0.333. The molecule has 0 aromatic heterocycles. The Kier molecular flexibility index (Phi) is 5.15. The summed E-state index contributed by atoms with van der Waals surface area (Å²) in [6.07, 6.45) is 1.24. The highest BCUT2D eigenvalue weighted by Crippen LogP contribution is 2.39. The molecule has 2 N–H and O–H groups in total. The highest BCUT2D eigenvalue weighted by molar-refractivity contribution is 7.80. The van der Waals surface area contributed by atoms with Crippen molar-refractivity contribution in [1.82, 2.24) is 5.32 Å². The molecule has 1 heterocycles. The number of ether oxygens (including phenoxy) is 1. The normalized spacial score (nSPS) is 17.4. The molecule has 5 heteroatoms. The molecule has 2 aromatic carbocycles. The number of rotatable bonds is 3. The molecule has 3 rings (SSSR count). The second-order valence-corrected chi connectivity index (χ2v) is 7.70. The van der Waals surface area contributed by atoms with Crippen LogP contribution in [0, 0.1) is 18.3 Å². The Bertz CT molecular complexity index is 853. The van der Waals surface area contributed by atoms with Crippen molar-refractivity contribution >= 4 is 23.0 Å². The zero-order valence-corrected chi connectivity index (χ0v) is 16.1. The first kappa shape index (κ1) is 18.2. The summed E-state index contributed by atoms with van der Waals surface area (Å²) >= 11 is 5.52. The standard InChI is InChI=1S/C21H23N3OS/c1-14-4-9-19-17(12-14)18(13-21(2,3)25-19)24-20(26)23-16-7-5-15(6-8-16)10-11-22/h4-9,12,18H,10,13H2,1-3H3,(H2,23,24,26)/t18-/m0/s1. The number of hydrogen-bond donors (Lipinski definition) is 2. The van der Waals surface area contributed by atoms with E-state index >= 15 is 0 Å². The fourth-order valence-electron chi connectivity index (χ4n) is 3.23. The van der Waals surface area contributed by atoms with Crippen LogP contribution in [0.25, 0.3) is 0 Å². The number of benzene rings is 2. The minimum absolute atomic E-state index is 0.0894. The third-order valence-corrected chi connectivity index (χ3v) is 4.64. The lowest BCUT2D eigenvalue weighted by Crippen LogP contribution is -2.42. The van der Waals surface area contributed by atoms with E-state index in [9.17, 15) is 0 Å². The fourth-order valence-corrected chi connectivity index (χ4v) is 3.49. The number of fused-ring (bicyclic) bond motifs is 1. The molecule has 0 unspecified atom stereocenters. The Labute approximate surface area is 160 Å². The highest BCUT2D eigenvalue weighted by Gasteiger charge is 2.34. The summed E-state index contributed by atoms with van der Waals surface area (Å²) in [5, 5.41) is 16.0. The van der Waals surface area contributed by atoms with Crippen LogP contribution in [-0.4, -0.2) is 10.7 Å². The van der Waals surface area contributed by atoms with Gasteiger partial charge in [0.05, 0.1) is 18.5 Å². The summed E-state index contributed by atoms with van der Waals surface area (Å²) in [5.41, 5.74) is 3.98. The summed E-state index contributed by atoms with van der Waals surface area (Å²) in [6.45, 7) is 6.26. The average molecular weight is 366 g/mol. The monoisotopic (exact) mass is 365 g/mol. The first-order valence-electron chi connectivity index (χ1n) is 8.69. The molecule has 26 heavy (non-hydrogen) atoms. The van der Waals surface area contributed by atoms with Crippen molar-refractivity contribution in [2.24, 2.45) is 0 Å². The first-order chi connectivity index (χ1) is 12.4. The maximum absolute atomic E-state index is 8.75. The van der Waals surface area contributed by atoms with Gasteiger partial charge in [-0.05, 0) is 56.8 Å². The van der Waals surface area contributed by atoms with Gasteiger partial charge in [0.2, 0.25) is 0 Å². The van der Waals surface area contributed by atoms with Crippen LogP contribution in [0.5, 0.6) is 5.75 Å². The Morgan fingerprint density at radius 2 is 2.00 bits per heavy atom. The van der Waals surface area contributed by atoms with Gasteiger partial charge in [-0.2, -0.15) is 5.26 Å². The van der Waals surface area contributed by atoms with Gasteiger partial charge >= 0.3 is 0 Å². The minimum Gasteiger partial charge on any atom is -0.487 e. The van der Waals surface area contributed by atoms with Gasteiger partial charge < -0.3 is 15.4 Å². The molecule has 1 aliphatic heterocycles. The van der Waals surface area contributed by atoms with Crippen molar-refractivity contribution in [3.63, 3.8) is 0 Å². The van der Waals surface area contributed by atoms with Crippen molar-refractivity contribution in [2.45, 2.75) is 45.3 Å². The molecule has 0 fully saturated rings.